The second-order valence-electron chi connectivity index (χ2n) is 5.46. The molecule has 0 fully saturated rings. The van der Waals surface area contributed by atoms with Crippen LogP contribution in [0.3, 0.4) is 0 Å². The van der Waals surface area contributed by atoms with Crippen LogP contribution in [0.4, 0.5) is 0 Å². The van der Waals surface area contributed by atoms with Gasteiger partial charge in [0.15, 0.2) is 0 Å². The third kappa shape index (κ3) is 4.98. The van der Waals surface area contributed by atoms with Crippen molar-refractivity contribution in [2.45, 2.75) is 63.7 Å². The molecule has 0 bridgehead atoms. The first-order chi connectivity index (χ1) is 9.29. The van der Waals surface area contributed by atoms with Crippen molar-refractivity contribution in [2.75, 3.05) is 0 Å². The van der Waals surface area contributed by atoms with Crippen LogP contribution in [0.2, 0.25) is 23.7 Å². The molecule has 0 radical (unpaired) electrons. The summed E-state index contributed by atoms with van der Waals surface area (Å²) in [6.07, 6.45) is 21.8. The summed E-state index contributed by atoms with van der Waals surface area (Å²) in [4.78, 5) is 0. The second-order valence-corrected chi connectivity index (χ2v) is 11.0. The van der Waals surface area contributed by atoms with Crippen molar-refractivity contribution in [3.63, 3.8) is 0 Å². The van der Waals surface area contributed by atoms with E-state index in [0.29, 0.717) is 0 Å². The first-order valence-electron chi connectivity index (χ1n) is 7.92. The van der Waals surface area contributed by atoms with E-state index < -0.39 is 8.07 Å². The molecule has 0 nitrogen and oxygen atoms in total. The molecule has 2 aliphatic rings. The van der Waals surface area contributed by atoms with E-state index in [1.54, 1.807) is 0 Å². The number of hydrogen-bond donors (Lipinski definition) is 0. The normalized spacial score (nSPS) is 18.3. The van der Waals surface area contributed by atoms with Crippen LogP contribution in [0.5, 0.6) is 0 Å². The van der Waals surface area contributed by atoms with Crippen molar-refractivity contribution in [2.24, 2.45) is 0 Å². The number of allylic oxidation sites excluding steroid dienone is 8. The fourth-order valence-corrected chi connectivity index (χ4v) is 7.00. The molecular weight excluding hydrogens is 244 g/mol. The van der Waals surface area contributed by atoms with E-state index in [2.05, 4.69) is 69.4 Å². The molecule has 0 aromatic heterocycles. The van der Waals surface area contributed by atoms with E-state index in [-0.39, 0.29) is 0 Å². The molecule has 0 aliphatic heterocycles. The predicted molar refractivity (Wildman–Crippen MR) is 91.4 cm³/mol. The van der Waals surface area contributed by atoms with Gasteiger partial charge in [0.25, 0.3) is 0 Å². The Hall–Kier alpha value is -0.823. The molecule has 2 aliphatic carbocycles. The van der Waals surface area contributed by atoms with Crippen LogP contribution in [-0.4, -0.2) is 8.07 Å². The minimum absolute atomic E-state index is 0.821. The highest BCUT2D eigenvalue weighted by Crippen LogP contribution is 2.36. The van der Waals surface area contributed by atoms with Crippen LogP contribution in [0, 0.1) is 0 Å². The van der Waals surface area contributed by atoms with Crippen LogP contribution in [0.25, 0.3) is 0 Å². The molecule has 1 heteroatoms. The summed E-state index contributed by atoms with van der Waals surface area (Å²) in [6.45, 7) is 7.15. The van der Waals surface area contributed by atoms with Gasteiger partial charge in [-0.05, 0) is 24.8 Å². The quantitative estimate of drug-likeness (QED) is 0.418. The molecule has 0 amide bonds. The molecule has 0 N–H and O–H groups in total. The summed E-state index contributed by atoms with van der Waals surface area (Å²) in [7, 11) is -0.990. The maximum atomic E-state index is 2.46. The zero-order chi connectivity index (χ0) is 14.0. The Morgan fingerprint density at radius 2 is 1.05 bits per heavy atom. The molecule has 106 valence electrons. The van der Waals surface area contributed by atoms with Gasteiger partial charge in [0.1, 0.15) is 0 Å². The van der Waals surface area contributed by atoms with Gasteiger partial charge in [-0.3, -0.25) is 0 Å². The summed E-state index contributed by atoms with van der Waals surface area (Å²) >= 11 is 0. The number of hydrogen-bond acceptors (Lipinski definition) is 0. The van der Waals surface area contributed by atoms with Gasteiger partial charge < -0.3 is 0 Å². The SMILES string of the molecule is C1=CCC=CC1.CC[Si](CC)(CC)C1C=CCC=C1. The molecule has 0 heterocycles. The van der Waals surface area contributed by atoms with Gasteiger partial charge in [-0.1, -0.05) is 87.5 Å². The molecular formula is C18H30Si. The standard InChI is InChI=1S/C12H22Si.C6H8/c1-4-13(5-2,6-3)12-10-8-7-9-11-12;1-2-4-6-5-3-1/h8-12H,4-7H2,1-3H3;1-2,5-6H,3-4H2. The van der Waals surface area contributed by atoms with Gasteiger partial charge in [0.2, 0.25) is 0 Å². The maximum absolute atomic E-state index is 2.46. The topological polar surface area (TPSA) is 0 Å². The Balaban J connectivity index is 0.000000250. The lowest BCUT2D eigenvalue weighted by Gasteiger charge is -2.34. The van der Waals surface area contributed by atoms with Crippen molar-refractivity contribution < 1.29 is 0 Å². The average molecular weight is 275 g/mol. The van der Waals surface area contributed by atoms with E-state index in [1.807, 2.05) is 0 Å². The summed E-state index contributed by atoms with van der Waals surface area (Å²) in [5, 5.41) is 0. The van der Waals surface area contributed by atoms with Crippen molar-refractivity contribution in [1.82, 2.24) is 0 Å². The highest BCUT2D eigenvalue weighted by Gasteiger charge is 2.33. The largest absolute Gasteiger partial charge is 0.0844 e. The van der Waals surface area contributed by atoms with Gasteiger partial charge in [0.05, 0.1) is 8.07 Å². The Bertz CT molecular complexity index is 302. The lowest BCUT2D eigenvalue weighted by atomic mass is 10.2. The van der Waals surface area contributed by atoms with Crippen LogP contribution < -0.4 is 0 Å². The lowest BCUT2D eigenvalue weighted by molar-refractivity contribution is 1.05. The number of rotatable bonds is 4. The van der Waals surface area contributed by atoms with Gasteiger partial charge >= 0.3 is 0 Å². The first kappa shape index (κ1) is 16.2. The highest BCUT2D eigenvalue weighted by atomic mass is 28.3. The summed E-state index contributed by atoms with van der Waals surface area (Å²) < 4.78 is 0. The monoisotopic (exact) mass is 274 g/mol. The average Bonchev–Trinajstić information content (AvgIpc) is 2.53. The second kappa shape index (κ2) is 9.14. The van der Waals surface area contributed by atoms with Crippen LogP contribution >= 0.6 is 0 Å². The van der Waals surface area contributed by atoms with Crippen molar-refractivity contribution in [3.8, 4) is 0 Å². The van der Waals surface area contributed by atoms with E-state index in [1.165, 1.54) is 18.1 Å². The fraction of sp³-hybridized carbons (Fsp3) is 0.556. The van der Waals surface area contributed by atoms with Crippen LogP contribution in [0.1, 0.15) is 40.0 Å². The van der Waals surface area contributed by atoms with Crippen molar-refractivity contribution in [3.05, 3.63) is 48.6 Å². The Kier molecular flexibility index (Phi) is 7.81. The molecule has 0 atom stereocenters. The van der Waals surface area contributed by atoms with Gasteiger partial charge in [-0.2, -0.15) is 0 Å². The van der Waals surface area contributed by atoms with Crippen molar-refractivity contribution >= 4 is 8.07 Å². The zero-order valence-electron chi connectivity index (χ0n) is 12.9. The summed E-state index contributed by atoms with van der Waals surface area (Å²) in [5.41, 5.74) is 0.821. The maximum Gasteiger partial charge on any atom is 0.0641 e. The molecule has 0 aromatic rings. The Labute approximate surface area is 121 Å². The minimum atomic E-state index is -0.990. The molecule has 19 heavy (non-hydrogen) atoms. The first-order valence-corrected chi connectivity index (χ1v) is 10.6. The Morgan fingerprint density at radius 3 is 1.37 bits per heavy atom. The predicted octanol–water partition coefficient (Wildman–Crippen LogP) is 6.27. The van der Waals surface area contributed by atoms with E-state index in [0.717, 1.165) is 24.8 Å². The molecule has 0 saturated carbocycles. The highest BCUT2D eigenvalue weighted by molar-refractivity contribution is 6.81. The van der Waals surface area contributed by atoms with Crippen LogP contribution in [0.15, 0.2) is 48.6 Å². The summed E-state index contributed by atoms with van der Waals surface area (Å²) in [6, 6.07) is 4.29. The smallest absolute Gasteiger partial charge is 0.0641 e. The van der Waals surface area contributed by atoms with Crippen LogP contribution in [-0.2, 0) is 0 Å². The molecule has 0 spiro atoms. The van der Waals surface area contributed by atoms with Gasteiger partial charge in [0, 0.05) is 0 Å². The fourth-order valence-electron chi connectivity index (χ4n) is 3.00. The van der Waals surface area contributed by atoms with Gasteiger partial charge in [-0.25, -0.2) is 0 Å². The molecule has 0 saturated heterocycles. The Morgan fingerprint density at radius 1 is 0.684 bits per heavy atom. The third-order valence-electron chi connectivity index (χ3n) is 4.66. The molecule has 0 unspecified atom stereocenters. The lowest BCUT2D eigenvalue weighted by Crippen LogP contribution is -2.36. The minimum Gasteiger partial charge on any atom is -0.0844 e. The third-order valence-corrected chi connectivity index (χ3v) is 10.7. The zero-order valence-corrected chi connectivity index (χ0v) is 13.9. The van der Waals surface area contributed by atoms with Gasteiger partial charge in [-0.15, -0.1) is 0 Å². The van der Waals surface area contributed by atoms with Crippen molar-refractivity contribution in [1.29, 1.82) is 0 Å². The van der Waals surface area contributed by atoms with E-state index in [9.17, 15) is 0 Å². The van der Waals surface area contributed by atoms with E-state index in [4.69, 9.17) is 0 Å². The molecule has 0 aromatic carbocycles. The van der Waals surface area contributed by atoms with E-state index >= 15 is 0 Å². The molecule has 2 rings (SSSR count). The summed E-state index contributed by atoms with van der Waals surface area (Å²) in [5.74, 6) is 0.